The number of aliphatic carboxylic acids is 1. The van der Waals surface area contributed by atoms with E-state index in [0.29, 0.717) is 6.04 Å². The number of likely N-dealkylation sites (tertiary alicyclic amines) is 1. The van der Waals surface area contributed by atoms with Gasteiger partial charge in [-0.15, -0.1) is 11.3 Å². The van der Waals surface area contributed by atoms with Crippen LogP contribution in [0.25, 0.3) is 0 Å². The smallest absolute Gasteiger partial charge is 0.308 e. The summed E-state index contributed by atoms with van der Waals surface area (Å²) in [4.78, 5) is 15.2. The van der Waals surface area contributed by atoms with E-state index in [0.717, 1.165) is 18.0 Å². The molecule has 0 saturated carbocycles. The molecule has 1 aliphatic rings. The molecule has 1 aromatic heterocycles. The average Bonchev–Trinajstić information content (AvgIpc) is 2.78. The third-order valence-corrected chi connectivity index (χ3v) is 4.73. The highest BCUT2D eigenvalue weighted by atomic mass is 32.1. The molecule has 0 spiro atoms. The molecule has 0 bridgehead atoms. The fourth-order valence-corrected chi connectivity index (χ4v) is 3.50. The van der Waals surface area contributed by atoms with Crippen LogP contribution in [-0.2, 0) is 17.8 Å². The summed E-state index contributed by atoms with van der Waals surface area (Å²) in [7, 11) is 2.20. The number of hydrogen-bond donors (Lipinski definition) is 2. The molecule has 0 aromatic carbocycles. The summed E-state index contributed by atoms with van der Waals surface area (Å²) in [5, 5.41) is 12.2. The largest absolute Gasteiger partial charge is 0.481 e. The van der Waals surface area contributed by atoms with E-state index >= 15 is 0 Å². The van der Waals surface area contributed by atoms with Crippen LogP contribution in [0, 0.1) is 0 Å². The number of hydrogen-bond acceptors (Lipinski definition) is 4. The lowest BCUT2D eigenvalue weighted by Crippen LogP contribution is -2.42. The fourth-order valence-electron chi connectivity index (χ4n) is 2.53. The molecule has 1 unspecified atom stereocenters. The highest BCUT2D eigenvalue weighted by molar-refractivity contribution is 7.12. The van der Waals surface area contributed by atoms with Crippen LogP contribution < -0.4 is 5.32 Å². The lowest BCUT2D eigenvalue weighted by atomic mass is 10.0. The Morgan fingerprint density at radius 2 is 2.26 bits per heavy atom. The Kier molecular flexibility index (Phi) is 5.36. The van der Waals surface area contributed by atoms with Crippen molar-refractivity contribution in [3.8, 4) is 0 Å². The molecule has 0 aliphatic carbocycles. The zero-order chi connectivity index (χ0) is 13.7. The zero-order valence-corrected chi connectivity index (χ0v) is 12.2. The Bertz CT molecular complexity index is 419. The molecule has 2 N–H and O–H groups in total. The molecule has 5 heteroatoms. The van der Waals surface area contributed by atoms with E-state index < -0.39 is 5.97 Å². The molecule has 2 heterocycles. The maximum Gasteiger partial charge on any atom is 0.308 e. The molecular formula is C14H22N2O2S. The number of carbonyl (C=O) groups is 1. The van der Waals surface area contributed by atoms with E-state index in [-0.39, 0.29) is 6.42 Å². The molecule has 1 saturated heterocycles. The minimum atomic E-state index is -0.759. The van der Waals surface area contributed by atoms with Crippen molar-refractivity contribution in [1.82, 2.24) is 10.2 Å². The second kappa shape index (κ2) is 7.03. The molecule has 2 rings (SSSR count). The Labute approximate surface area is 118 Å². The first-order chi connectivity index (χ1) is 9.15. The van der Waals surface area contributed by atoms with E-state index in [4.69, 9.17) is 5.11 Å². The van der Waals surface area contributed by atoms with E-state index in [1.807, 2.05) is 12.1 Å². The second-order valence-corrected chi connectivity index (χ2v) is 6.45. The number of nitrogens with one attached hydrogen (secondary N) is 1. The first kappa shape index (κ1) is 14.5. The first-order valence-electron chi connectivity index (χ1n) is 6.85. The van der Waals surface area contributed by atoms with Crippen molar-refractivity contribution in [3.05, 3.63) is 21.9 Å². The summed E-state index contributed by atoms with van der Waals surface area (Å²) in [6.45, 7) is 3.06. The van der Waals surface area contributed by atoms with E-state index in [2.05, 4.69) is 17.3 Å². The van der Waals surface area contributed by atoms with Crippen molar-refractivity contribution < 1.29 is 9.90 Å². The van der Waals surface area contributed by atoms with Crippen LogP contribution in [0.2, 0.25) is 0 Å². The molecule has 0 amide bonds. The van der Waals surface area contributed by atoms with E-state index in [1.54, 1.807) is 11.3 Å². The number of piperidine rings is 1. The normalized spacial score (nSPS) is 20.6. The lowest BCUT2D eigenvalue weighted by molar-refractivity contribution is -0.136. The molecule has 1 fully saturated rings. The molecule has 1 atom stereocenters. The summed E-state index contributed by atoms with van der Waals surface area (Å²) in [6, 6.07) is 4.59. The van der Waals surface area contributed by atoms with Gasteiger partial charge in [-0.25, -0.2) is 0 Å². The predicted octanol–water partition coefficient (Wildman–Crippen LogP) is 1.95. The van der Waals surface area contributed by atoms with Crippen LogP contribution in [0.3, 0.4) is 0 Å². The Balaban J connectivity index is 1.73. The number of carboxylic acid groups (broad SMARTS) is 1. The summed E-state index contributed by atoms with van der Waals surface area (Å²) in [5.41, 5.74) is 0. The summed E-state index contributed by atoms with van der Waals surface area (Å²) < 4.78 is 0. The zero-order valence-electron chi connectivity index (χ0n) is 11.4. The van der Waals surface area contributed by atoms with Gasteiger partial charge < -0.3 is 15.3 Å². The van der Waals surface area contributed by atoms with Crippen molar-refractivity contribution in [3.63, 3.8) is 0 Å². The van der Waals surface area contributed by atoms with Gasteiger partial charge in [-0.05, 0) is 38.6 Å². The monoisotopic (exact) mass is 282 g/mol. The molecule has 19 heavy (non-hydrogen) atoms. The van der Waals surface area contributed by atoms with Gasteiger partial charge in [0.15, 0.2) is 0 Å². The third-order valence-electron chi connectivity index (χ3n) is 3.64. The average molecular weight is 282 g/mol. The summed E-state index contributed by atoms with van der Waals surface area (Å²) in [5.74, 6) is -0.759. The summed E-state index contributed by atoms with van der Waals surface area (Å²) in [6.07, 6.45) is 4.06. The molecule has 106 valence electrons. The lowest BCUT2D eigenvalue weighted by Gasteiger charge is -2.32. The maximum absolute atomic E-state index is 10.6. The molecule has 1 aromatic rings. The van der Waals surface area contributed by atoms with Gasteiger partial charge in [0.2, 0.25) is 0 Å². The quantitative estimate of drug-likeness (QED) is 0.837. The number of thiophene rings is 1. The van der Waals surface area contributed by atoms with Gasteiger partial charge in [-0.1, -0.05) is 6.42 Å². The SMILES string of the molecule is CN1CCCCC1CNCc1ccc(CC(=O)O)s1. The number of likely N-dealkylation sites (N-methyl/N-ethyl adjacent to an activating group) is 1. The van der Waals surface area contributed by atoms with Crippen molar-refractivity contribution in [2.75, 3.05) is 20.1 Å². The van der Waals surface area contributed by atoms with Crippen LogP contribution in [0.1, 0.15) is 29.0 Å². The van der Waals surface area contributed by atoms with Gasteiger partial charge in [0, 0.05) is 28.9 Å². The van der Waals surface area contributed by atoms with Gasteiger partial charge in [0.25, 0.3) is 0 Å². The number of carboxylic acids is 1. The highest BCUT2D eigenvalue weighted by Gasteiger charge is 2.18. The molecule has 0 radical (unpaired) electrons. The molecule has 4 nitrogen and oxygen atoms in total. The topological polar surface area (TPSA) is 52.6 Å². The van der Waals surface area contributed by atoms with Crippen LogP contribution >= 0.6 is 11.3 Å². The van der Waals surface area contributed by atoms with E-state index in [9.17, 15) is 4.79 Å². The Morgan fingerprint density at radius 1 is 1.47 bits per heavy atom. The van der Waals surface area contributed by atoms with Crippen LogP contribution in [0.15, 0.2) is 12.1 Å². The minimum Gasteiger partial charge on any atom is -0.481 e. The summed E-state index contributed by atoms with van der Waals surface area (Å²) >= 11 is 1.59. The van der Waals surface area contributed by atoms with E-state index in [1.165, 1.54) is 30.7 Å². The fraction of sp³-hybridized carbons (Fsp3) is 0.643. The van der Waals surface area contributed by atoms with Crippen molar-refractivity contribution in [2.45, 2.75) is 38.3 Å². The van der Waals surface area contributed by atoms with Crippen molar-refractivity contribution in [2.24, 2.45) is 0 Å². The first-order valence-corrected chi connectivity index (χ1v) is 7.67. The van der Waals surface area contributed by atoms with Gasteiger partial charge >= 0.3 is 5.97 Å². The minimum absolute atomic E-state index is 0.135. The molecular weight excluding hydrogens is 260 g/mol. The van der Waals surface area contributed by atoms with Crippen molar-refractivity contribution in [1.29, 1.82) is 0 Å². The van der Waals surface area contributed by atoms with Crippen LogP contribution in [0.4, 0.5) is 0 Å². The second-order valence-electron chi connectivity index (χ2n) is 5.20. The van der Waals surface area contributed by atoms with Crippen molar-refractivity contribution >= 4 is 17.3 Å². The number of rotatable bonds is 6. The van der Waals surface area contributed by atoms with Crippen LogP contribution in [0.5, 0.6) is 0 Å². The Hall–Kier alpha value is -0.910. The third kappa shape index (κ3) is 4.60. The standard InChI is InChI=1S/C14H22N2O2S/c1-16-7-3-2-4-11(16)9-15-10-13-6-5-12(19-13)8-14(17)18/h5-6,11,15H,2-4,7-10H2,1H3,(H,17,18). The number of nitrogens with zero attached hydrogens (tertiary/aromatic N) is 1. The predicted molar refractivity (Wildman–Crippen MR) is 77.6 cm³/mol. The highest BCUT2D eigenvalue weighted by Crippen LogP contribution is 2.18. The van der Waals surface area contributed by atoms with Gasteiger partial charge in [0.1, 0.15) is 0 Å². The molecule has 1 aliphatic heterocycles. The maximum atomic E-state index is 10.6. The van der Waals surface area contributed by atoms with Gasteiger partial charge in [0.05, 0.1) is 6.42 Å². The van der Waals surface area contributed by atoms with Gasteiger partial charge in [-0.2, -0.15) is 0 Å². The van der Waals surface area contributed by atoms with Crippen LogP contribution in [-0.4, -0.2) is 42.2 Å². The van der Waals surface area contributed by atoms with Gasteiger partial charge in [-0.3, -0.25) is 4.79 Å². The Morgan fingerprint density at radius 3 is 3.00 bits per heavy atom.